The molecule has 2 aromatic rings. The second kappa shape index (κ2) is 8.07. The summed E-state index contributed by atoms with van der Waals surface area (Å²) in [5, 5.41) is 10.7. The molecule has 152 valence electrons. The Morgan fingerprint density at radius 1 is 1.17 bits per heavy atom. The molecule has 6 heteroatoms. The number of nitrogens with zero attached hydrogens (tertiary/aromatic N) is 2. The highest BCUT2D eigenvalue weighted by Crippen LogP contribution is 2.43. The smallest absolute Gasteiger partial charge is 0.290 e. The van der Waals surface area contributed by atoms with Crippen molar-refractivity contribution in [3.05, 3.63) is 71.3 Å². The van der Waals surface area contributed by atoms with Crippen molar-refractivity contribution in [3.63, 3.8) is 0 Å². The lowest BCUT2D eigenvalue weighted by Gasteiger charge is -2.29. The molecule has 1 amide bonds. The van der Waals surface area contributed by atoms with Gasteiger partial charge in [-0.25, -0.2) is 0 Å². The molecule has 0 spiro atoms. The van der Waals surface area contributed by atoms with E-state index in [1.807, 2.05) is 36.4 Å². The SMILES string of the molecule is COc1ccccc1C1C(C(=O)C(C)(C)C)=C(O)C(=O)N1CCc1ccccn1. The summed E-state index contributed by atoms with van der Waals surface area (Å²) >= 11 is 0. The first-order valence-corrected chi connectivity index (χ1v) is 9.57. The number of aliphatic hydroxyl groups excluding tert-OH is 1. The van der Waals surface area contributed by atoms with Gasteiger partial charge in [-0.1, -0.05) is 45.0 Å². The summed E-state index contributed by atoms with van der Waals surface area (Å²) in [4.78, 5) is 32.0. The van der Waals surface area contributed by atoms with E-state index in [0.717, 1.165) is 5.69 Å². The van der Waals surface area contributed by atoms with E-state index in [9.17, 15) is 14.7 Å². The standard InChI is InChI=1S/C23H26N2O4/c1-23(2,3)21(27)18-19(16-10-5-6-11-17(16)29-4)25(22(28)20(18)26)14-12-15-9-7-8-13-24-15/h5-11,13,19,26H,12,14H2,1-4H3. The second-order valence-electron chi connectivity index (χ2n) is 8.06. The molecule has 1 aliphatic heterocycles. The Hall–Kier alpha value is -3.15. The number of rotatable bonds is 6. The number of carbonyl (C=O) groups excluding carboxylic acids is 2. The third kappa shape index (κ3) is 4.01. The number of hydrogen-bond acceptors (Lipinski definition) is 5. The number of amides is 1. The van der Waals surface area contributed by atoms with Gasteiger partial charge < -0.3 is 14.7 Å². The van der Waals surface area contributed by atoms with Crippen molar-refractivity contribution in [1.29, 1.82) is 0 Å². The third-order valence-electron chi connectivity index (χ3n) is 5.00. The second-order valence-corrected chi connectivity index (χ2v) is 8.06. The van der Waals surface area contributed by atoms with Crippen LogP contribution in [0.3, 0.4) is 0 Å². The fourth-order valence-electron chi connectivity index (χ4n) is 3.52. The Labute approximate surface area is 170 Å². The highest BCUT2D eigenvalue weighted by molar-refractivity contribution is 6.10. The number of Topliss-reactive ketones (excluding diaryl/α,β-unsaturated/α-hetero) is 1. The number of benzene rings is 1. The number of carbonyl (C=O) groups is 2. The number of hydrogen-bond donors (Lipinski definition) is 1. The minimum atomic E-state index is -0.749. The molecule has 0 saturated heterocycles. The zero-order chi connectivity index (χ0) is 21.2. The number of para-hydroxylation sites is 1. The van der Waals surface area contributed by atoms with Gasteiger partial charge in [0.25, 0.3) is 5.91 Å². The molecule has 0 bridgehead atoms. The molecule has 0 saturated carbocycles. The van der Waals surface area contributed by atoms with E-state index in [-0.39, 0.29) is 11.4 Å². The van der Waals surface area contributed by atoms with Gasteiger partial charge in [-0.15, -0.1) is 0 Å². The van der Waals surface area contributed by atoms with Crippen molar-refractivity contribution in [2.45, 2.75) is 33.2 Å². The van der Waals surface area contributed by atoms with Crippen molar-refractivity contribution in [2.75, 3.05) is 13.7 Å². The van der Waals surface area contributed by atoms with E-state index in [0.29, 0.717) is 24.3 Å². The fourth-order valence-corrected chi connectivity index (χ4v) is 3.52. The number of pyridine rings is 1. The maximum absolute atomic E-state index is 13.2. The zero-order valence-corrected chi connectivity index (χ0v) is 17.2. The maximum Gasteiger partial charge on any atom is 0.290 e. The van der Waals surface area contributed by atoms with Gasteiger partial charge in [-0.3, -0.25) is 14.6 Å². The topological polar surface area (TPSA) is 79.7 Å². The summed E-state index contributed by atoms with van der Waals surface area (Å²) in [6, 6.07) is 12.1. The Morgan fingerprint density at radius 3 is 2.48 bits per heavy atom. The predicted octanol–water partition coefficient (Wildman–Crippen LogP) is 3.64. The van der Waals surface area contributed by atoms with Crippen LogP contribution in [0, 0.1) is 5.41 Å². The van der Waals surface area contributed by atoms with Gasteiger partial charge in [0.2, 0.25) is 0 Å². The van der Waals surface area contributed by atoms with Crippen LogP contribution in [0.4, 0.5) is 0 Å². The highest BCUT2D eigenvalue weighted by atomic mass is 16.5. The highest BCUT2D eigenvalue weighted by Gasteiger charge is 2.46. The zero-order valence-electron chi connectivity index (χ0n) is 17.2. The predicted molar refractivity (Wildman–Crippen MR) is 110 cm³/mol. The summed E-state index contributed by atoms with van der Waals surface area (Å²) in [7, 11) is 1.54. The molecule has 0 fully saturated rings. The fraction of sp³-hybridized carbons (Fsp3) is 0.348. The van der Waals surface area contributed by atoms with E-state index in [1.54, 1.807) is 40.1 Å². The van der Waals surface area contributed by atoms with E-state index in [1.165, 1.54) is 4.90 Å². The lowest BCUT2D eigenvalue weighted by molar-refractivity contribution is -0.129. The first kappa shape index (κ1) is 20.6. The van der Waals surface area contributed by atoms with Gasteiger partial charge in [0, 0.05) is 35.8 Å². The van der Waals surface area contributed by atoms with Gasteiger partial charge in [0.05, 0.1) is 18.7 Å². The van der Waals surface area contributed by atoms with Crippen LogP contribution in [0.25, 0.3) is 0 Å². The first-order chi connectivity index (χ1) is 13.8. The van der Waals surface area contributed by atoms with Crippen molar-refractivity contribution in [3.8, 4) is 5.75 Å². The molecule has 29 heavy (non-hydrogen) atoms. The molecule has 1 aliphatic rings. The summed E-state index contributed by atoms with van der Waals surface area (Å²) in [6.45, 7) is 5.63. The first-order valence-electron chi connectivity index (χ1n) is 9.57. The molecular weight excluding hydrogens is 368 g/mol. The molecule has 6 nitrogen and oxygen atoms in total. The van der Waals surface area contributed by atoms with Gasteiger partial charge in [-0.05, 0) is 18.2 Å². The molecule has 1 unspecified atom stereocenters. The van der Waals surface area contributed by atoms with Crippen LogP contribution in [-0.2, 0) is 16.0 Å². The van der Waals surface area contributed by atoms with E-state index < -0.39 is 23.1 Å². The third-order valence-corrected chi connectivity index (χ3v) is 5.00. The molecule has 1 N–H and O–H groups in total. The maximum atomic E-state index is 13.2. The lowest BCUT2D eigenvalue weighted by Crippen LogP contribution is -2.34. The van der Waals surface area contributed by atoms with Crippen molar-refractivity contribution < 1.29 is 19.4 Å². The van der Waals surface area contributed by atoms with Gasteiger partial charge in [-0.2, -0.15) is 0 Å². The molecule has 1 aromatic carbocycles. The summed E-state index contributed by atoms with van der Waals surface area (Å²) in [6.07, 6.45) is 2.20. The normalized spacial score (nSPS) is 17.0. The van der Waals surface area contributed by atoms with E-state index in [4.69, 9.17) is 4.74 Å². The average Bonchev–Trinajstić information content (AvgIpc) is 2.96. The molecule has 2 heterocycles. The number of methoxy groups -OCH3 is 1. The molecule has 1 atom stereocenters. The number of aromatic nitrogens is 1. The van der Waals surface area contributed by atoms with Gasteiger partial charge >= 0.3 is 0 Å². The quantitative estimate of drug-likeness (QED) is 0.809. The summed E-state index contributed by atoms with van der Waals surface area (Å²) in [5.74, 6) is -0.743. The largest absolute Gasteiger partial charge is 0.503 e. The van der Waals surface area contributed by atoms with Gasteiger partial charge in [0.1, 0.15) is 5.75 Å². The molecule has 3 rings (SSSR count). The van der Waals surface area contributed by atoms with Crippen LogP contribution in [0.2, 0.25) is 0 Å². The van der Waals surface area contributed by atoms with Crippen LogP contribution >= 0.6 is 0 Å². The Balaban J connectivity index is 2.05. The monoisotopic (exact) mass is 394 g/mol. The number of aliphatic hydroxyl groups is 1. The van der Waals surface area contributed by atoms with Crippen LogP contribution in [0.1, 0.15) is 38.1 Å². The van der Waals surface area contributed by atoms with Gasteiger partial charge in [0.15, 0.2) is 11.5 Å². The van der Waals surface area contributed by atoms with Crippen molar-refractivity contribution in [2.24, 2.45) is 5.41 Å². The Bertz CT molecular complexity index is 945. The number of ether oxygens (including phenoxy) is 1. The molecular formula is C23H26N2O4. The summed E-state index contributed by atoms with van der Waals surface area (Å²) in [5.41, 5.74) is 0.865. The van der Waals surface area contributed by atoms with E-state index >= 15 is 0 Å². The molecule has 1 aromatic heterocycles. The molecule has 0 radical (unpaired) electrons. The molecule has 0 aliphatic carbocycles. The summed E-state index contributed by atoms with van der Waals surface area (Å²) < 4.78 is 5.49. The van der Waals surface area contributed by atoms with Crippen molar-refractivity contribution in [1.82, 2.24) is 9.88 Å². The van der Waals surface area contributed by atoms with Crippen LogP contribution in [0.5, 0.6) is 5.75 Å². The minimum Gasteiger partial charge on any atom is -0.503 e. The average molecular weight is 394 g/mol. The van der Waals surface area contributed by atoms with Crippen LogP contribution < -0.4 is 4.74 Å². The van der Waals surface area contributed by atoms with Crippen molar-refractivity contribution >= 4 is 11.7 Å². The van der Waals surface area contributed by atoms with E-state index in [2.05, 4.69) is 4.98 Å². The van der Waals surface area contributed by atoms with Crippen LogP contribution in [-0.4, -0.2) is 40.3 Å². The Kier molecular flexibility index (Phi) is 5.73. The van der Waals surface area contributed by atoms with Crippen LogP contribution in [0.15, 0.2) is 60.0 Å². The number of ketones is 1. The Morgan fingerprint density at radius 2 is 1.86 bits per heavy atom. The minimum absolute atomic E-state index is 0.119. The lowest BCUT2D eigenvalue weighted by atomic mass is 9.82.